The second-order valence-corrected chi connectivity index (χ2v) is 7.30. The van der Waals surface area contributed by atoms with Crippen LogP contribution in [0.25, 0.3) is 0 Å². The summed E-state index contributed by atoms with van der Waals surface area (Å²) in [5.41, 5.74) is -0.199. The quantitative estimate of drug-likeness (QED) is 0.274. The van der Waals surface area contributed by atoms with Crippen LogP contribution in [0.15, 0.2) is 12.2 Å². The van der Waals surface area contributed by atoms with Crippen molar-refractivity contribution >= 4 is 24.5 Å². The summed E-state index contributed by atoms with van der Waals surface area (Å²) in [5.74, 6) is -2.20. The minimum absolute atomic E-state index is 0.0339. The first-order chi connectivity index (χ1) is 12.5. The van der Waals surface area contributed by atoms with E-state index in [9.17, 15) is 19.2 Å². The molecule has 1 aliphatic rings. The molecule has 1 amide bonds. The van der Waals surface area contributed by atoms with E-state index in [0.29, 0.717) is 5.57 Å². The first-order valence-corrected chi connectivity index (χ1v) is 8.46. The molecule has 9 heteroatoms. The first-order valence-electron chi connectivity index (χ1n) is 8.46. The lowest BCUT2D eigenvalue weighted by Gasteiger charge is -2.20. The lowest BCUT2D eigenvalue weighted by molar-refractivity contribution is -0.144. The standard InChI is InChI=1S/C18H27NO8/c1-10(8-25-11(2)21)7-12(26-9-20)13-14(16(22)24-6)15(13)19-17(23)27-18(3,4)5/h9,12-15H,1,7-8H2,2-6H3,(H,19,23)/t12-,13-,14-,15-/m0/s1. The number of amides is 1. The molecule has 0 aliphatic heterocycles. The van der Waals surface area contributed by atoms with Gasteiger partial charge < -0.3 is 24.3 Å². The molecule has 0 bridgehead atoms. The Labute approximate surface area is 158 Å². The van der Waals surface area contributed by atoms with Crippen LogP contribution >= 0.6 is 0 Å². The molecule has 0 aromatic carbocycles. The van der Waals surface area contributed by atoms with Crippen molar-refractivity contribution in [3.05, 3.63) is 12.2 Å². The molecule has 0 aromatic rings. The van der Waals surface area contributed by atoms with Crippen molar-refractivity contribution < 1.29 is 38.1 Å². The average molecular weight is 385 g/mol. The third kappa shape index (κ3) is 7.28. The molecule has 1 fully saturated rings. The maximum Gasteiger partial charge on any atom is 0.407 e. The summed E-state index contributed by atoms with van der Waals surface area (Å²) in [6.07, 6.45) is -1.27. The van der Waals surface area contributed by atoms with Crippen LogP contribution in [0.4, 0.5) is 4.79 Å². The number of ether oxygens (including phenoxy) is 4. The van der Waals surface area contributed by atoms with Crippen LogP contribution in [0, 0.1) is 11.8 Å². The Morgan fingerprint density at radius 3 is 2.37 bits per heavy atom. The van der Waals surface area contributed by atoms with Gasteiger partial charge in [0.1, 0.15) is 18.3 Å². The smallest absolute Gasteiger partial charge is 0.407 e. The van der Waals surface area contributed by atoms with E-state index >= 15 is 0 Å². The molecule has 27 heavy (non-hydrogen) atoms. The number of alkyl carbamates (subject to hydrolysis) is 1. The fourth-order valence-corrected chi connectivity index (χ4v) is 2.76. The maximum atomic E-state index is 12.0. The second-order valence-electron chi connectivity index (χ2n) is 7.30. The van der Waals surface area contributed by atoms with Crippen LogP contribution in [0.1, 0.15) is 34.1 Å². The van der Waals surface area contributed by atoms with E-state index in [1.165, 1.54) is 14.0 Å². The Kier molecular flexibility index (Phi) is 7.81. The molecule has 0 radical (unpaired) electrons. The third-order valence-corrected chi connectivity index (χ3v) is 3.86. The fourth-order valence-electron chi connectivity index (χ4n) is 2.76. The molecular formula is C18H27NO8. The molecule has 1 rings (SSSR count). The number of rotatable bonds is 9. The summed E-state index contributed by atoms with van der Waals surface area (Å²) in [5, 5.41) is 2.62. The van der Waals surface area contributed by atoms with Gasteiger partial charge in [0.15, 0.2) is 0 Å². The van der Waals surface area contributed by atoms with Crippen LogP contribution in [-0.4, -0.2) is 56.0 Å². The van der Waals surface area contributed by atoms with E-state index < -0.39 is 47.6 Å². The van der Waals surface area contributed by atoms with Crippen molar-refractivity contribution in [2.75, 3.05) is 13.7 Å². The van der Waals surface area contributed by atoms with Gasteiger partial charge in [0.25, 0.3) is 6.47 Å². The number of hydrogen-bond acceptors (Lipinski definition) is 8. The molecule has 4 atom stereocenters. The van der Waals surface area contributed by atoms with Gasteiger partial charge in [-0.2, -0.15) is 0 Å². The van der Waals surface area contributed by atoms with E-state index in [1.807, 2.05) is 0 Å². The number of hydrogen-bond donors (Lipinski definition) is 1. The third-order valence-electron chi connectivity index (χ3n) is 3.86. The molecule has 1 N–H and O–H groups in total. The van der Waals surface area contributed by atoms with Gasteiger partial charge in [0.05, 0.1) is 19.1 Å². The van der Waals surface area contributed by atoms with E-state index in [0.717, 1.165) is 0 Å². The Morgan fingerprint density at radius 2 is 1.89 bits per heavy atom. The van der Waals surface area contributed by atoms with Gasteiger partial charge in [-0.25, -0.2) is 4.79 Å². The summed E-state index contributed by atoms with van der Waals surface area (Å²) in [6.45, 7) is 10.4. The van der Waals surface area contributed by atoms with Crippen LogP contribution < -0.4 is 5.32 Å². The molecule has 0 saturated heterocycles. The average Bonchev–Trinajstić information content (AvgIpc) is 3.23. The minimum Gasteiger partial charge on any atom is -0.469 e. The number of carbonyl (C=O) groups excluding carboxylic acids is 4. The van der Waals surface area contributed by atoms with Crippen molar-refractivity contribution in [1.82, 2.24) is 5.32 Å². The van der Waals surface area contributed by atoms with Crippen molar-refractivity contribution in [2.24, 2.45) is 11.8 Å². The molecular weight excluding hydrogens is 358 g/mol. The van der Waals surface area contributed by atoms with Crippen LogP contribution in [-0.2, 0) is 33.3 Å². The largest absolute Gasteiger partial charge is 0.469 e. The lowest BCUT2D eigenvalue weighted by atomic mass is 10.0. The Balaban J connectivity index is 2.82. The first kappa shape index (κ1) is 22.5. The van der Waals surface area contributed by atoms with E-state index in [2.05, 4.69) is 11.9 Å². The minimum atomic E-state index is -0.741. The van der Waals surface area contributed by atoms with Gasteiger partial charge in [0.2, 0.25) is 0 Å². The van der Waals surface area contributed by atoms with Gasteiger partial charge in [-0.05, 0) is 26.3 Å². The number of esters is 2. The second kappa shape index (κ2) is 9.38. The zero-order valence-electron chi connectivity index (χ0n) is 16.3. The molecule has 1 saturated carbocycles. The van der Waals surface area contributed by atoms with Gasteiger partial charge >= 0.3 is 18.0 Å². The summed E-state index contributed by atoms with van der Waals surface area (Å²) >= 11 is 0. The van der Waals surface area contributed by atoms with Gasteiger partial charge in [-0.3, -0.25) is 14.4 Å². The lowest BCUT2D eigenvalue weighted by Crippen LogP contribution is -2.36. The van der Waals surface area contributed by atoms with E-state index in [1.54, 1.807) is 20.8 Å². The van der Waals surface area contributed by atoms with Crippen molar-refractivity contribution in [1.29, 1.82) is 0 Å². The predicted molar refractivity (Wildman–Crippen MR) is 93.5 cm³/mol. The van der Waals surface area contributed by atoms with Gasteiger partial charge in [0, 0.05) is 19.3 Å². The molecule has 0 spiro atoms. The molecule has 0 unspecified atom stereocenters. The number of carbonyl (C=O) groups is 4. The van der Waals surface area contributed by atoms with Crippen LogP contribution in [0.2, 0.25) is 0 Å². The number of methoxy groups -OCH3 is 1. The van der Waals surface area contributed by atoms with E-state index in [-0.39, 0.29) is 19.5 Å². The molecule has 152 valence electrons. The monoisotopic (exact) mass is 385 g/mol. The van der Waals surface area contributed by atoms with Crippen LogP contribution in [0.5, 0.6) is 0 Å². The summed E-state index contributed by atoms with van der Waals surface area (Å²) in [6, 6.07) is -0.612. The van der Waals surface area contributed by atoms with Crippen molar-refractivity contribution in [3.63, 3.8) is 0 Å². The molecule has 0 heterocycles. The Morgan fingerprint density at radius 1 is 1.26 bits per heavy atom. The summed E-state index contributed by atoms with van der Waals surface area (Å²) < 4.78 is 19.9. The Hall–Kier alpha value is -2.58. The number of nitrogens with one attached hydrogen (secondary N) is 1. The summed E-state index contributed by atoms with van der Waals surface area (Å²) in [7, 11) is 1.23. The van der Waals surface area contributed by atoms with Gasteiger partial charge in [-0.1, -0.05) is 6.58 Å². The molecule has 1 aliphatic carbocycles. The van der Waals surface area contributed by atoms with Gasteiger partial charge in [-0.15, -0.1) is 0 Å². The highest BCUT2D eigenvalue weighted by Gasteiger charge is 2.61. The van der Waals surface area contributed by atoms with Crippen molar-refractivity contribution in [2.45, 2.75) is 51.9 Å². The highest BCUT2D eigenvalue weighted by molar-refractivity contribution is 5.80. The summed E-state index contributed by atoms with van der Waals surface area (Å²) in [4.78, 5) is 45.8. The normalized spacial score (nSPS) is 22.0. The highest BCUT2D eigenvalue weighted by atomic mass is 16.6. The van der Waals surface area contributed by atoms with Crippen LogP contribution in [0.3, 0.4) is 0 Å². The zero-order chi connectivity index (χ0) is 20.8. The molecule has 9 nitrogen and oxygen atoms in total. The SMILES string of the molecule is C=C(COC(C)=O)C[C@H](OC=O)[C@@H]1[C@H](NC(=O)OC(C)(C)C)[C@H]1C(=O)OC. The maximum absolute atomic E-state index is 12.0. The predicted octanol–water partition coefficient (Wildman–Crippen LogP) is 1.35. The Bertz CT molecular complexity index is 595. The zero-order valence-corrected chi connectivity index (χ0v) is 16.3. The molecule has 0 aromatic heterocycles. The fraction of sp³-hybridized carbons (Fsp3) is 0.667. The van der Waals surface area contributed by atoms with Crippen molar-refractivity contribution in [3.8, 4) is 0 Å². The van der Waals surface area contributed by atoms with E-state index in [4.69, 9.17) is 18.9 Å². The topological polar surface area (TPSA) is 117 Å². The highest BCUT2D eigenvalue weighted by Crippen LogP contribution is 2.45.